The molecule has 22 heavy (non-hydrogen) atoms. The van der Waals surface area contributed by atoms with Crippen molar-refractivity contribution in [1.29, 1.82) is 5.26 Å². The number of hydrogen-bond acceptors (Lipinski definition) is 5. The zero-order chi connectivity index (χ0) is 15.9. The number of methoxy groups -OCH3 is 1. The van der Waals surface area contributed by atoms with Crippen LogP contribution in [0.3, 0.4) is 0 Å². The molecule has 0 saturated heterocycles. The van der Waals surface area contributed by atoms with Gasteiger partial charge < -0.3 is 9.30 Å². The highest BCUT2D eigenvalue weighted by molar-refractivity contribution is 8.00. The van der Waals surface area contributed by atoms with E-state index in [1.54, 1.807) is 7.11 Å². The Labute approximate surface area is 135 Å². The average molecular weight is 316 g/mol. The molecular weight excluding hydrogens is 296 g/mol. The van der Waals surface area contributed by atoms with Crippen LogP contribution in [0.15, 0.2) is 29.4 Å². The minimum absolute atomic E-state index is 0.145. The summed E-state index contributed by atoms with van der Waals surface area (Å²) in [7, 11) is 1.65. The number of thioether (sulfide) groups is 1. The van der Waals surface area contributed by atoms with Gasteiger partial charge >= 0.3 is 0 Å². The Balaban J connectivity index is 2.34. The zero-order valence-electron chi connectivity index (χ0n) is 13.1. The van der Waals surface area contributed by atoms with Crippen molar-refractivity contribution in [3.8, 4) is 23.2 Å². The van der Waals surface area contributed by atoms with Gasteiger partial charge in [0.05, 0.1) is 18.4 Å². The van der Waals surface area contributed by atoms with Crippen LogP contribution in [0.25, 0.3) is 11.4 Å². The van der Waals surface area contributed by atoms with Crippen molar-refractivity contribution >= 4 is 11.8 Å². The first-order chi connectivity index (χ1) is 10.7. The maximum Gasteiger partial charge on any atom is 0.192 e. The second-order valence-corrected chi connectivity index (χ2v) is 6.24. The van der Waals surface area contributed by atoms with E-state index in [0.29, 0.717) is 0 Å². The molecule has 0 N–H and O–H groups in total. The lowest BCUT2D eigenvalue weighted by atomic mass is 10.2. The number of nitrogens with zero attached hydrogens (tertiary/aromatic N) is 4. The molecule has 0 amide bonds. The number of aromatic nitrogens is 3. The Kier molecular flexibility index (Phi) is 5.84. The summed E-state index contributed by atoms with van der Waals surface area (Å²) in [5, 5.41) is 18.3. The number of nitriles is 1. The second kappa shape index (κ2) is 7.85. The summed E-state index contributed by atoms with van der Waals surface area (Å²) in [4.78, 5) is 0. The normalized spacial score (nSPS) is 11.9. The molecule has 0 bridgehead atoms. The van der Waals surface area contributed by atoms with Gasteiger partial charge in [0.15, 0.2) is 11.0 Å². The summed E-state index contributed by atoms with van der Waals surface area (Å²) in [6.45, 7) is 4.88. The molecular formula is C16H20N4OS. The van der Waals surface area contributed by atoms with Crippen molar-refractivity contribution in [3.05, 3.63) is 24.3 Å². The van der Waals surface area contributed by atoms with Crippen LogP contribution < -0.4 is 4.74 Å². The van der Waals surface area contributed by atoms with E-state index >= 15 is 0 Å². The Morgan fingerprint density at radius 2 is 2.05 bits per heavy atom. The van der Waals surface area contributed by atoms with Gasteiger partial charge in [0.2, 0.25) is 0 Å². The predicted molar refractivity (Wildman–Crippen MR) is 87.9 cm³/mol. The van der Waals surface area contributed by atoms with Crippen molar-refractivity contribution in [2.24, 2.45) is 0 Å². The third kappa shape index (κ3) is 3.80. The van der Waals surface area contributed by atoms with Crippen LogP contribution in [0.5, 0.6) is 5.75 Å². The molecule has 0 saturated carbocycles. The molecule has 1 heterocycles. The summed E-state index contributed by atoms with van der Waals surface area (Å²) < 4.78 is 7.29. The third-order valence-electron chi connectivity index (χ3n) is 3.26. The van der Waals surface area contributed by atoms with Crippen molar-refractivity contribution in [1.82, 2.24) is 14.8 Å². The highest BCUT2D eigenvalue weighted by atomic mass is 32.2. The first kappa shape index (κ1) is 16.4. The minimum Gasteiger partial charge on any atom is -0.497 e. The Morgan fingerprint density at radius 1 is 1.32 bits per heavy atom. The van der Waals surface area contributed by atoms with Gasteiger partial charge in [0.1, 0.15) is 5.75 Å². The molecule has 1 atom stereocenters. The molecule has 2 rings (SSSR count). The lowest BCUT2D eigenvalue weighted by Crippen LogP contribution is -2.04. The van der Waals surface area contributed by atoms with Crippen LogP contribution in [0.1, 0.15) is 26.7 Å². The van der Waals surface area contributed by atoms with Gasteiger partial charge in [-0.1, -0.05) is 25.1 Å². The first-order valence-corrected chi connectivity index (χ1v) is 8.21. The molecule has 5 nitrogen and oxygen atoms in total. The quantitative estimate of drug-likeness (QED) is 0.728. The van der Waals surface area contributed by atoms with Crippen LogP contribution in [0.2, 0.25) is 0 Å². The van der Waals surface area contributed by atoms with Crippen molar-refractivity contribution in [3.63, 3.8) is 0 Å². The minimum atomic E-state index is -0.145. The summed E-state index contributed by atoms with van der Waals surface area (Å²) in [6.07, 6.45) is 2.15. The van der Waals surface area contributed by atoms with Gasteiger partial charge in [-0.3, -0.25) is 0 Å². The fourth-order valence-corrected chi connectivity index (χ4v) is 2.79. The van der Waals surface area contributed by atoms with Gasteiger partial charge in [-0.25, -0.2) is 0 Å². The summed E-state index contributed by atoms with van der Waals surface area (Å²) >= 11 is 1.45. The molecule has 2 aromatic rings. The van der Waals surface area contributed by atoms with Gasteiger partial charge in [-0.15, -0.1) is 10.2 Å². The maximum absolute atomic E-state index is 9.00. The van der Waals surface area contributed by atoms with Crippen LogP contribution >= 0.6 is 11.8 Å². The summed E-state index contributed by atoms with van der Waals surface area (Å²) in [6, 6.07) is 10.0. The van der Waals surface area contributed by atoms with E-state index in [1.165, 1.54) is 11.8 Å². The van der Waals surface area contributed by atoms with Crippen molar-refractivity contribution < 1.29 is 4.74 Å². The largest absolute Gasteiger partial charge is 0.497 e. The smallest absolute Gasteiger partial charge is 0.192 e. The average Bonchev–Trinajstić information content (AvgIpc) is 2.95. The molecule has 6 heteroatoms. The molecule has 0 spiro atoms. The lowest BCUT2D eigenvalue weighted by Gasteiger charge is -2.10. The number of ether oxygens (including phenoxy) is 1. The SMILES string of the molecule is CCCCn1c(SC(C)C#N)nnc1-c1ccc(OC)cc1. The molecule has 0 aliphatic rings. The Bertz CT molecular complexity index is 645. The van der Waals surface area contributed by atoms with Gasteiger partial charge in [-0.05, 0) is 37.6 Å². The molecule has 1 aromatic carbocycles. The van der Waals surface area contributed by atoms with Crippen LogP contribution in [0.4, 0.5) is 0 Å². The van der Waals surface area contributed by atoms with E-state index < -0.39 is 0 Å². The zero-order valence-corrected chi connectivity index (χ0v) is 13.9. The van der Waals surface area contributed by atoms with Crippen LogP contribution in [0, 0.1) is 11.3 Å². The Hall–Kier alpha value is -2.00. The summed E-state index contributed by atoms with van der Waals surface area (Å²) in [5.41, 5.74) is 1.00. The highest BCUT2D eigenvalue weighted by Crippen LogP contribution is 2.28. The van der Waals surface area contributed by atoms with E-state index in [-0.39, 0.29) is 5.25 Å². The number of benzene rings is 1. The molecule has 1 unspecified atom stereocenters. The lowest BCUT2D eigenvalue weighted by molar-refractivity contribution is 0.415. The fourth-order valence-electron chi connectivity index (χ4n) is 2.03. The molecule has 0 aliphatic carbocycles. The maximum atomic E-state index is 9.00. The van der Waals surface area contributed by atoms with E-state index in [4.69, 9.17) is 10.00 Å². The fraction of sp³-hybridized carbons (Fsp3) is 0.438. The van der Waals surface area contributed by atoms with Gasteiger partial charge in [0.25, 0.3) is 0 Å². The molecule has 116 valence electrons. The Morgan fingerprint density at radius 3 is 2.64 bits per heavy atom. The number of hydrogen-bond donors (Lipinski definition) is 0. The third-order valence-corrected chi connectivity index (χ3v) is 4.24. The molecule has 1 aromatic heterocycles. The van der Waals surface area contributed by atoms with Gasteiger partial charge in [-0.2, -0.15) is 5.26 Å². The standard InChI is InChI=1S/C16H20N4OS/c1-4-5-10-20-15(13-6-8-14(21-3)9-7-13)18-19-16(20)22-12(2)11-17/h6-9,12H,4-5,10H2,1-3H3. The monoisotopic (exact) mass is 316 g/mol. The molecule has 0 aliphatic heterocycles. The van der Waals surface area contributed by atoms with E-state index in [2.05, 4.69) is 27.8 Å². The topological polar surface area (TPSA) is 63.7 Å². The van der Waals surface area contributed by atoms with Crippen LogP contribution in [-0.4, -0.2) is 27.1 Å². The first-order valence-electron chi connectivity index (χ1n) is 7.33. The van der Waals surface area contributed by atoms with E-state index in [9.17, 15) is 0 Å². The number of rotatable bonds is 7. The van der Waals surface area contributed by atoms with Crippen molar-refractivity contribution in [2.45, 2.75) is 43.6 Å². The predicted octanol–water partition coefficient (Wildman–Crippen LogP) is 3.76. The van der Waals surface area contributed by atoms with Gasteiger partial charge in [0, 0.05) is 12.1 Å². The second-order valence-electron chi connectivity index (χ2n) is 4.93. The van der Waals surface area contributed by atoms with Crippen molar-refractivity contribution in [2.75, 3.05) is 7.11 Å². The van der Waals surface area contributed by atoms with Crippen LogP contribution in [-0.2, 0) is 6.54 Å². The van der Waals surface area contributed by atoms with E-state index in [0.717, 1.165) is 41.7 Å². The number of unbranched alkanes of at least 4 members (excludes halogenated alkanes) is 1. The molecule has 0 radical (unpaired) electrons. The molecule has 0 fully saturated rings. The van der Waals surface area contributed by atoms with E-state index in [1.807, 2.05) is 31.2 Å². The summed E-state index contributed by atoms with van der Waals surface area (Å²) in [5.74, 6) is 1.65. The highest BCUT2D eigenvalue weighted by Gasteiger charge is 2.16.